The molecule has 5 nitrogen and oxygen atoms in total. The number of fused-ring (bicyclic) bond motifs is 4. The van der Waals surface area contributed by atoms with Crippen molar-refractivity contribution < 1.29 is 4.74 Å². The molecule has 4 aromatic rings. The Morgan fingerprint density at radius 1 is 1.10 bits per heavy atom. The van der Waals surface area contributed by atoms with Gasteiger partial charge >= 0.3 is 0 Å². The number of allylic oxidation sites excluding steroid dienone is 1. The van der Waals surface area contributed by atoms with Crippen molar-refractivity contribution in [1.29, 1.82) is 5.26 Å². The molecule has 0 saturated carbocycles. The Morgan fingerprint density at radius 3 is 2.70 bits per heavy atom. The standard InChI is InChI=1S/C24H16ClN3O2/c1-12-8-14-9-17(24(29)28-20(14)10-19(12)25)21-16-7-6-13-4-2-3-5-15(13)22(16)30-23(27)18(21)11-26/h2-10,21H,27H2,1H3,(H,28,29)/t21-/m1/s1. The Balaban J connectivity index is 1.83. The minimum Gasteiger partial charge on any atom is -0.440 e. The van der Waals surface area contributed by atoms with E-state index in [0.717, 1.165) is 27.3 Å². The summed E-state index contributed by atoms with van der Waals surface area (Å²) in [7, 11) is 0. The number of aromatic nitrogens is 1. The first-order valence-electron chi connectivity index (χ1n) is 9.40. The zero-order chi connectivity index (χ0) is 21.0. The van der Waals surface area contributed by atoms with Gasteiger partial charge in [0.2, 0.25) is 5.88 Å². The van der Waals surface area contributed by atoms with Gasteiger partial charge in [-0.15, -0.1) is 0 Å². The van der Waals surface area contributed by atoms with Gasteiger partial charge in [0.15, 0.2) is 0 Å². The second kappa shape index (κ2) is 6.65. The number of H-pyrrole nitrogens is 1. The van der Waals surface area contributed by atoms with Crippen LogP contribution >= 0.6 is 11.6 Å². The number of ether oxygens (including phenoxy) is 1. The maximum Gasteiger partial charge on any atom is 0.252 e. The van der Waals surface area contributed by atoms with Crippen LogP contribution in [0.4, 0.5) is 0 Å². The van der Waals surface area contributed by atoms with Crippen LogP contribution in [-0.4, -0.2) is 4.98 Å². The highest BCUT2D eigenvalue weighted by Gasteiger charge is 2.33. The third-order valence-electron chi connectivity index (χ3n) is 5.57. The first kappa shape index (κ1) is 18.3. The molecule has 0 saturated heterocycles. The van der Waals surface area contributed by atoms with E-state index in [2.05, 4.69) is 11.1 Å². The van der Waals surface area contributed by atoms with Crippen LogP contribution in [0.2, 0.25) is 5.02 Å². The van der Waals surface area contributed by atoms with Gasteiger partial charge in [-0.3, -0.25) is 4.79 Å². The van der Waals surface area contributed by atoms with Crippen molar-refractivity contribution in [2.45, 2.75) is 12.8 Å². The number of benzene rings is 3. The molecule has 146 valence electrons. The van der Waals surface area contributed by atoms with Gasteiger partial charge in [0.05, 0.1) is 5.92 Å². The first-order chi connectivity index (χ1) is 14.5. The van der Waals surface area contributed by atoms with Gasteiger partial charge in [0.25, 0.3) is 5.56 Å². The van der Waals surface area contributed by atoms with Crippen LogP contribution in [0.15, 0.2) is 70.8 Å². The molecule has 0 radical (unpaired) electrons. The SMILES string of the molecule is Cc1cc2cc([C@@H]3C(C#N)=C(N)Oc4c3ccc3ccccc43)c(=O)[nH]c2cc1Cl. The summed E-state index contributed by atoms with van der Waals surface area (Å²) < 4.78 is 5.87. The molecule has 1 aliphatic rings. The highest BCUT2D eigenvalue weighted by Crippen LogP contribution is 2.44. The number of halogens is 1. The van der Waals surface area contributed by atoms with Crippen LogP contribution < -0.4 is 16.0 Å². The van der Waals surface area contributed by atoms with Gasteiger partial charge < -0.3 is 15.5 Å². The maximum absolute atomic E-state index is 13.1. The first-order valence-corrected chi connectivity index (χ1v) is 9.78. The van der Waals surface area contributed by atoms with Crippen molar-refractivity contribution in [1.82, 2.24) is 4.98 Å². The number of nitrogens with one attached hydrogen (secondary N) is 1. The average molecular weight is 414 g/mol. The summed E-state index contributed by atoms with van der Waals surface area (Å²) >= 11 is 6.21. The van der Waals surface area contributed by atoms with E-state index in [0.29, 0.717) is 21.9 Å². The highest BCUT2D eigenvalue weighted by molar-refractivity contribution is 6.32. The second-order valence-corrected chi connectivity index (χ2v) is 7.78. The maximum atomic E-state index is 13.1. The number of hydrogen-bond acceptors (Lipinski definition) is 4. The minimum atomic E-state index is -0.632. The number of aryl methyl sites for hydroxylation is 1. The second-order valence-electron chi connectivity index (χ2n) is 7.37. The molecule has 30 heavy (non-hydrogen) atoms. The third-order valence-corrected chi connectivity index (χ3v) is 5.98. The van der Waals surface area contributed by atoms with Crippen molar-refractivity contribution in [3.8, 4) is 11.8 Å². The topological polar surface area (TPSA) is 91.9 Å². The predicted octanol–water partition coefficient (Wildman–Crippen LogP) is 4.86. The van der Waals surface area contributed by atoms with E-state index in [1.807, 2.05) is 49.4 Å². The van der Waals surface area contributed by atoms with Crippen LogP contribution in [0, 0.1) is 18.3 Å². The third kappa shape index (κ3) is 2.66. The molecule has 5 rings (SSSR count). The van der Waals surface area contributed by atoms with E-state index >= 15 is 0 Å². The van der Waals surface area contributed by atoms with Gasteiger partial charge in [0.1, 0.15) is 17.4 Å². The van der Waals surface area contributed by atoms with E-state index in [9.17, 15) is 10.1 Å². The van der Waals surface area contributed by atoms with Crippen LogP contribution in [0.25, 0.3) is 21.7 Å². The van der Waals surface area contributed by atoms with Gasteiger partial charge in [-0.1, -0.05) is 48.0 Å². The summed E-state index contributed by atoms with van der Waals surface area (Å²) in [5, 5.41) is 13.1. The number of aromatic amines is 1. The largest absolute Gasteiger partial charge is 0.440 e. The molecule has 0 spiro atoms. The summed E-state index contributed by atoms with van der Waals surface area (Å²) in [5.41, 5.74) is 8.76. The van der Waals surface area contributed by atoms with E-state index < -0.39 is 5.92 Å². The van der Waals surface area contributed by atoms with Crippen molar-refractivity contribution in [2.75, 3.05) is 0 Å². The normalized spacial score (nSPS) is 15.7. The fourth-order valence-corrected chi connectivity index (χ4v) is 4.24. The molecule has 0 unspecified atom stereocenters. The summed E-state index contributed by atoms with van der Waals surface area (Å²) in [6.45, 7) is 1.90. The Hall–Kier alpha value is -3.75. The van der Waals surface area contributed by atoms with Crippen LogP contribution in [0.3, 0.4) is 0 Å². The van der Waals surface area contributed by atoms with Crippen molar-refractivity contribution in [3.05, 3.63) is 98.1 Å². The summed E-state index contributed by atoms with van der Waals surface area (Å²) in [6, 6.07) is 19.2. The molecule has 1 aliphatic heterocycles. The van der Waals surface area contributed by atoms with Crippen LogP contribution in [0.1, 0.15) is 22.6 Å². The van der Waals surface area contributed by atoms with Crippen LogP contribution in [0.5, 0.6) is 5.75 Å². The average Bonchev–Trinajstić information content (AvgIpc) is 2.74. The van der Waals surface area contributed by atoms with E-state index in [1.54, 1.807) is 12.1 Å². The number of nitrogens with two attached hydrogens (primary N) is 1. The zero-order valence-corrected chi connectivity index (χ0v) is 16.7. The van der Waals surface area contributed by atoms with E-state index in [-0.39, 0.29) is 17.0 Å². The molecule has 0 aliphatic carbocycles. The number of nitrogens with zero attached hydrogens (tertiary/aromatic N) is 1. The zero-order valence-electron chi connectivity index (χ0n) is 16.0. The molecule has 2 heterocycles. The molecule has 1 aromatic heterocycles. The fraction of sp³-hybridized carbons (Fsp3) is 0.0833. The summed E-state index contributed by atoms with van der Waals surface area (Å²) in [4.78, 5) is 16.0. The lowest BCUT2D eigenvalue weighted by Gasteiger charge is -2.27. The molecule has 6 heteroatoms. The number of nitriles is 1. The summed E-state index contributed by atoms with van der Waals surface area (Å²) in [5.74, 6) is -0.0491. The number of pyridine rings is 1. The highest BCUT2D eigenvalue weighted by atomic mass is 35.5. The smallest absolute Gasteiger partial charge is 0.252 e. The molecule has 0 bridgehead atoms. The lowest BCUT2D eigenvalue weighted by molar-refractivity contribution is 0.398. The van der Waals surface area contributed by atoms with Crippen molar-refractivity contribution in [3.63, 3.8) is 0 Å². The van der Waals surface area contributed by atoms with E-state index in [4.69, 9.17) is 22.1 Å². The van der Waals surface area contributed by atoms with Crippen molar-refractivity contribution in [2.24, 2.45) is 5.73 Å². The van der Waals surface area contributed by atoms with Gasteiger partial charge in [-0.05, 0) is 41.5 Å². The molecule has 3 aromatic carbocycles. The van der Waals surface area contributed by atoms with Gasteiger partial charge in [-0.25, -0.2) is 0 Å². The lowest BCUT2D eigenvalue weighted by Crippen LogP contribution is -2.25. The predicted molar refractivity (Wildman–Crippen MR) is 118 cm³/mol. The quantitative estimate of drug-likeness (QED) is 0.466. The molecular formula is C24H16ClN3O2. The molecule has 0 amide bonds. The monoisotopic (exact) mass is 413 g/mol. The number of rotatable bonds is 1. The molecule has 3 N–H and O–H groups in total. The Kier molecular flexibility index (Phi) is 4.05. The van der Waals surface area contributed by atoms with Gasteiger partial charge in [0, 0.05) is 27.1 Å². The Morgan fingerprint density at radius 2 is 1.90 bits per heavy atom. The van der Waals surface area contributed by atoms with E-state index in [1.165, 1.54) is 0 Å². The molecular weight excluding hydrogens is 398 g/mol. The summed E-state index contributed by atoms with van der Waals surface area (Å²) in [6.07, 6.45) is 0. The van der Waals surface area contributed by atoms with Gasteiger partial charge in [-0.2, -0.15) is 5.26 Å². The van der Waals surface area contributed by atoms with Crippen LogP contribution in [-0.2, 0) is 0 Å². The fourth-order valence-electron chi connectivity index (χ4n) is 4.08. The number of hydrogen-bond donors (Lipinski definition) is 2. The molecule has 0 fully saturated rings. The van der Waals surface area contributed by atoms with Crippen molar-refractivity contribution >= 4 is 33.3 Å². The molecule has 1 atom stereocenters. The Bertz CT molecular complexity index is 1490. The lowest BCUT2D eigenvalue weighted by atomic mass is 9.82. The Labute approximate surface area is 177 Å². The minimum absolute atomic E-state index is 0.0122.